The highest BCUT2D eigenvalue weighted by atomic mass is 79.9. The zero-order valence-electron chi connectivity index (χ0n) is 9.03. The molecule has 2 atom stereocenters. The molecule has 0 radical (unpaired) electrons. The summed E-state index contributed by atoms with van der Waals surface area (Å²) in [7, 11) is 0. The lowest BCUT2D eigenvalue weighted by Crippen LogP contribution is -2.42. The van der Waals surface area contributed by atoms with E-state index in [4.69, 9.17) is 11.6 Å². The largest absolute Gasteiger partial charge is 0.292 e. The van der Waals surface area contributed by atoms with Gasteiger partial charge in [0, 0.05) is 33.4 Å². The van der Waals surface area contributed by atoms with Crippen LogP contribution in [0.5, 0.6) is 0 Å². The van der Waals surface area contributed by atoms with E-state index in [9.17, 15) is 0 Å². The minimum Gasteiger partial charge on any atom is -0.292 e. The summed E-state index contributed by atoms with van der Waals surface area (Å²) in [5.41, 5.74) is 0. The first-order valence-corrected chi connectivity index (χ1v) is 7.96. The maximum absolute atomic E-state index is 6.29. The summed E-state index contributed by atoms with van der Waals surface area (Å²) in [6.45, 7) is 1.11. The van der Waals surface area contributed by atoms with Crippen molar-refractivity contribution in [1.29, 1.82) is 0 Å². The third kappa shape index (κ3) is 2.07. The first-order chi connectivity index (χ1) is 7.74. The molecule has 2 saturated heterocycles. The molecular formula is C12H15BrClNS. The topological polar surface area (TPSA) is 3.24 Å². The molecule has 0 saturated carbocycles. The molecule has 0 N–H and O–H groups in total. The van der Waals surface area contributed by atoms with Gasteiger partial charge in [-0.2, -0.15) is 0 Å². The van der Waals surface area contributed by atoms with Crippen molar-refractivity contribution in [1.82, 2.24) is 4.90 Å². The van der Waals surface area contributed by atoms with Crippen molar-refractivity contribution in [3.8, 4) is 0 Å². The maximum Gasteiger partial charge on any atom is 0.0365 e. The van der Waals surface area contributed by atoms with E-state index < -0.39 is 0 Å². The van der Waals surface area contributed by atoms with Crippen LogP contribution in [-0.2, 0) is 6.54 Å². The SMILES string of the molecule is ClC1CC2CCC(C1)N2Cc1sccc1Br. The fourth-order valence-corrected chi connectivity index (χ4v) is 4.97. The van der Waals surface area contributed by atoms with E-state index in [-0.39, 0.29) is 0 Å². The van der Waals surface area contributed by atoms with E-state index in [1.807, 2.05) is 11.3 Å². The standard InChI is InChI=1S/C12H15BrClNS/c13-11-3-4-16-12(11)7-15-9-1-2-10(15)6-8(14)5-9/h3-4,8-10H,1-2,5-7H2. The molecule has 1 aromatic heterocycles. The number of rotatable bonds is 2. The second-order valence-electron chi connectivity index (χ2n) is 4.82. The molecule has 0 aliphatic carbocycles. The van der Waals surface area contributed by atoms with Crippen LogP contribution in [0, 0.1) is 0 Å². The Kier molecular flexibility index (Phi) is 3.31. The third-order valence-electron chi connectivity index (χ3n) is 3.84. The highest BCUT2D eigenvalue weighted by molar-refractivity contribution is 9.10. The Balaban J connectivity index is 1.75. The van der Waals surface area contributed by atoms with Crippen LogP contribution in [-0.4, -0.2) is 22.4 Å². The summed E-state index contributed by atoms with van der Waals surface area (Å²) >= 11 is 11.8. The second-order valence-corrected chi connectivity index (χ2v) is 7.29. The highest BCUT2D eigenvalue weighted by Gasteiger charge is 2.40. The van der Waals surface area contributed by atoms with Crippen molar-refractivity contribution in [2.75, 3.05) is 0 Å². The van der Waals surface area contributed by atoms with E-state index in [2.05, 4.69) is 32.3 Å². The van der Waals surface area contributed by atoms with Crippen LogP contribution in [0.2, 0.25) is 0 Å². The lowest BCUT2D eigenvalue weighted by molar-refractivity contribution is 0.135. The van der Waals surface area contributed by atoms with E-state index in [1.165, 1.54) is 35.0 Å². The third-order valence-corrected chi connectivity index (χ3v) is 6.11. The zero-order chi connectivity index (χ0) is 11.1. The van der Waals surface area contributed by atoms with Crippen molar-refractivity contribution in [2.24, 2.45) is 0 Å². The summed E-state index contributed by atoms with van der Waals surface area (Å²) in [6, 6.07) is 3.61. The number of piperidine rings is 1. The van der Waals surface area contributed by atoms with Crippen LogP contribution in [0.15, 0.2) is 15.9 Å². The summed E-state index contributed by atoms with van der Waals surface area (Å²) < 4.78 is 1.27. The number of nitrogens with zero attached hydrogens (tertiary/aromatic N) is 1. The Hall–Kier alpha value is 0.430. The fourth-order valence-electron chi connectivity index (χ4n) is 3.07. The van der Waals surface area contributed by atoms with Gasteiger partial charge in [-0.25, -0.2) is 0 Å². The van der Waals surface area contributed by atoms with Gasteiger partial charge < -0.3 is 0 Å². The smallest absolute Gasteiger partial charge is 0.0365 e. The Labute approximate surface area is 114 Å². The van der Waals surface area contributed by atoms with E-state index >= 15 is 0 Å². The molecule has 1 nitrogen and oxygen atoms in total. The van der Waals surface area contributed by atoms with Gasteiger partial charge in [-0.15, -0.1) is 22.9 Å². The van der Waals surface area contributed by atoms with Crippen LogP contribution in [0.1, 0.15) is 30.6 Å². The fraction of sp³-hybridized carbons (Fsp3) is 0.667. The van der Waals surface area contributed by atoms with Crippen molar-refractivity contribution in [3.63, 3.8) is 0 Å². The van der Waals surface area contributed by atoms with Crippen LogP contribution >= 0.6 is 38.9 Å². The first-order valence-electron chi connectivity index (χ1n) is 5.85. The van der Waals surface area contributed by atoms with Gasteiger partial charge in [-0.05, 0) is 53.1 Å². The summed E-state index contributed by atoms with van der Waals surface area (Å²) in [5.74, 6) is 0. The molecule has 16 heavy (non-hydrogen) atoms. The summed E-state index contributed by atoms with van der Waals surface area (Å²) in [5, 5.41) is 2.58. The second kappa shape index (κ2) is 4.60. The monoisotopic (exact) mass is 319 g/mol. The molecule has 0 aromatic carbocycles. The quantitative estimate of drug-likeness (QED) is 0.737. The molecule has 1 aromatic rings. The van der Waals surface area contributed by atoms with Crippen LogP contribution in [0.3, 0.4) is 0 Å². The van der Waals surface area contributed by atoms with Crippen molar-refractivity contribution >= 4 is 38.9 Å². The molecular weight excluding hydrogens is 306 g/mol. The van der Waals surface area contributed by atoms with Gasteiger partial charge in [-0.1, -0.05) is 0 Å². The van der Waals surface area contributed by atoms with Crippen LogP contribution in [0.4, 0.5) is 0 Å². The van der Waals surface area contributed by atoms with E-state index in [1.54, 1.807) is 0 Å². The normalized spacial score (nSPS) is 34.5. The highest BCUT2D eigenvalue weighted by Crippen LogP contribution is 2.39. The minimum absolute atomic E-state index is 0.417. The summed E-state index contributed by atoms with van der Waals surface area (Å²) in [4.78, 5) is 4.14. The minimum atomic E-state index is 0.417. The molecule has 0 spiro atoms. The average molecular weight is 321 g/mol. The Morgan fingerprint density at radius 2 is 2.06 bits per heavy atom. The first kappa shape index (κ1) is 11.5. The Bertz CT molecular complexity index is 367. The van der Waals surface area contributed by atoms with Gasteiger partial charge in [0.1, 0.15) is 0 Å². The average Bonchev–Trinajstić information content (AvgIpc) is 2.73. The predicted octanol–water partition coefficient (Wildman–Crippen LogP) is 4.24. The number of thiophene rings is 1. The molecule has 2 fully saturated rings. The molecule has 0 amide bonds. The lowest BCUT2D eigenvalue weighted by atomic mass is 10.0. The van der Waals surface area contributed by atoms with Crippen LogP contribution < -0.4 is 0 Å². The van der Waals surface area contributed by atoms with Gasteiger partial charge in [0.2, 0.25) is 0 Å². The molecule has 2 bridgehead atoms. The molecule has 3 rings (SSSR count). The predicted molar refractivity (Wildman–Crippen MR) is 73.2 cm³/mol. The van der Waals surface area contributed by atoms with Crippen molar-refractivity contribution < 1.29 is 0 Å². The zero-order valence-corrected chi connectivity index (χ0v) is 12.2. The number of halogens is 2. The van der Waals surface area contributed by atoms with Crippen LogP contribution in [0.25, 0.3) is 0 Å². The van der Waals surface area contributed by atoms with Gasteiger partial charge in [0.25, 0.3) is 0 Å². The number of fused-ring (bicyclic) bond motifs is 2. The van der Waals surface area contributed by atoms with Crippen molar-refractivity contribution in [2.45, 2.75) is 49.7 Å². The van der Waals surface area contributed by atoms with E-state index in [0.717, 1.165) is 18.6 Å². The molecule has 2 aliphatic rings. The molecule has 88 valence electrons. The molecule has 2 unspecified atom stereocenters. The van der Waals surface area contributed by atoms with Gasteiger partial charge in [0.15, 0.2) is 0 Å². The Morgan fingerprint density at radius 3 is 2.62 bits per heavy atom. The van der Waals surface area contributed by atoms with Gasteiger partial charge >= 0.3 is 0 Å². The van der Waals surface area contributed by atoms with Gasteiger partial charge in [-0.3, -0.25) is 4.90 Å². The molecule has 4 heteroatoms. The molecule has 3 heterocycles. The maximum atomic E-state index is 6.29. The van der Waals surface area contributed by atoms with E-state index in [0.29, 0.717) is 5.38 Å². The number of hydrogen-bond acceptors (Lipinski definition) is 2. The van der Waals surface area contributed by atoms with Crippen molar-refractivity contribution in [3.05, 3.63) is 20.8 Å². The Morgan fingerprint density at radius 1 is 1.38 bits per heavy atom. The number of hydrogen-bond donors (Lipinski definition) is 0. The van der Waals surface area contributed by atoms with Gasteiger partial charge in [0.05, 0.1) is 0 Å². The number of alkyl halides is 1. The molecule has 2 aliphatic heterocycles. The summed E-state index contributed by atoms with van der Waals surface area (Å²) in [6.07, 6.45) is 5.05. The lowest BCUT2D eigenvalue weighted by Gasteiger charge is -2.36.